The van der Waals surface area contributed by atoms with Gasteiger partial charge in [0.15, 0.2) is 0 Å². The van der Waals surface area contributed by atoms with Gasteiger partial charge in [-0.25, -0.2) is 4.98 Å². The standard InChI is InChI=1S/C26H27N/c1-16-11-17(2)25-18(3)13-23(27-24(25)12-16)20-14-19-9-7-8-10-21(19)22(15-20)26(4,5)6/h7-15H,1-6H3. The van der Waals surface area contributed by atoms with E-state index in [9.17, 15) is 0 Å². The third kappa shape index (κ3) is 3.12. The fourth-order valence-electron chi connectivity index (χ4n) is 4.21. The molecule has 27 heavy (non-hydrogen) atoms. The van der Waals surface area contributed by atoms with Crippen LogP contribution in [0.4, 0.5) is 0 Å². The van der Waals surface area contributed by atoms with Crippen LogP contribution in [0.15, 0.2) is 54.6 Å². The van der Waals surface area contributed by atoms with Gasteiger partial charge in [0.05, 0.1) is 11.2 Å². The molecule has 136 valence electrons. The van der Waals surface area contributed by atoms with Crippen molar-refractivity contribution in [2.75, 3.05) is 0 Å². The molecule has 0 N–H and O–H groups in total. The Bertz CT molecular complexity index is 1180. The summed E-state index contributed by atoms with van der Waals surface area (Å²) in [7, 11) is 0. The van der Waals surface area contributed by atoms with Crippen molar-refractivity contribution in [2.45, 2.75) is 47.0 Å². The van der Waals surface area contributed by atoms with E-state index in [1.165, 1.54) is 44.0 Å². The van der Waals surface area contributed by atoms with Crippen molar-refractivity contribution in [1.82, 2.24) is 4.98 Å². The number of rotatable bonds is 1. The van der Waals surface area contributed by atoms with Crippen LogP contribution < -0.4 is 0 Å². The minimum absolute atomic E-state index is 0.0781. The Morgan fingerprint density at radius 1 is 0.778 bits per heavy atom. The van der Waals surface area contributed by atoms with Gasteiger partial charge in [-0.15, -0.1) is 0 Å². The van der Waals surface area contributed by atoms with Gasteiger partial charge >= 0.3 is 0 Å². The van der Waals surface area contributed by atoms with E-state index in [1.807, 2.05) is 0 Å². The van der Waals surface area contributed by atoms with Crippen molar-refractivity contribution in [2.24, 2.45) is 0 Å². The molecule has 0 radical (unpaired) electrons. The fourth-order valence-corrected chi connectivity index (χ4v) is 4.21. The Hall–Kier alpha value is -2.67. The molecule has 1 heteroatoms. The lowest BCUT2D eigenvalue weighted by Crippen LogP contribution is -2.12. The van der Waals surface area contributed by atoms with Crippen molar-refractivity contribution < 1.29 is 0 Å². The number of fused-ring (bicyclic) bond motifs is 2. The molecule has 0 unspecified atom stereocenters. The number of benzene rings is 3. The topological polar surface area (TPSA) is 12.9 Å². The van der Waals surface area contributed by atoms with Crippen molar-refractivity contribution in [3.63, 3.8) is 0 Å². The van der Waals surface area contributed by atoms with Crippen LogP contribution in [0.3, 0.4) is 0 Å². The van der Waals surface area contributed by atoms with Crippen molar-refractivity contribution in [3.8, 4) is 11.3 Å². The van der Waals surface area contributed by atoms with E-state index in [0.717, 1.165) is 11.2 Å². The average Bonchev–Trinajstić information content (AvgIpc) is 2.58. The summed E-state index contributed by atoms with van der Waals surface area (Å²) in [6.45, 7) is 13.4. The predicted octanol–water partition coefficient (Wildman–Crippen LogP) is 7.28. The highest BCUT2D eigenvalue weighted by Crippen LogP contribution is 2.35. The molecule has 0 fully saturated rings. The minimum Gasteiger partial charge on any atom is -0.248 e. The first kappa shape index (κ1) is 17.7. The number of aromatic nitrogens is 1. The Balaban J connectivity index is 2.03. The highest BCUT2D eigenvalue weighted by atomic mass is 14.7. The second-order valence-electron chi connectivity index (χ2n) is 8.80. The fraction of sp³-hybridized carbons (Fsp3) is 0.269. The van der Waals surface area contributed by atoms with Gasteiger partial charge in [0.1, 0.15) is 0 Å². The maximum atomic E-state index is 5.06. The van der Waals surface area contributed by atoms with Crippen molar-refractivity contribution in [1.29, 1.82) is 0 Å². The third-order valence-corrected chi connectivity index (χ3v) is 5.41. The SMILES string of the molecule is Cc1cc(C)c2c(C)cc(-c3cc(C(C)(C)C)c4ccccc4c3)nc2c1. The molecule has 0 aliphatic carbocycles. The molecule has 3 aromatic carbocycles. The summed E-state index contributed by atoms with van der Waals surface area (Å²) >= 11 is 0. The van der Waals surface area contributed by atoms with E-state index in [4.69, 9.17) is 4.98 Å². The first-order valence-electron chi connectivity index (χ1n) is 9.66. The average molecular weight is 354 g/mol. The van der Waals surface area contributed by atoms with Crippen LogP contribution in [-0.2, 0) is 5.41 Å². The van der Waals surface area contributed by atoms with Crippen LogP contribution in [0.25, 0.3) is 32.9 Å². The molecule has 0 atom stereocenters. The quantitative estimate of drug-likeness (QED) is 0.350. The molecule has 0 aliphatic heterocycles. The van der Waals surface area contributed by atoms with Crippen LogP contribution in [-0.4, -0.2) is 4.98 Å². The second kappa shape index (κ2) is 6.20. The number of pyridine rings is 1. The zero-order chi connectivity index (χ0) is 19.3. The molecular weight excluding hydrogens is 326 g/mol. The molecular formula is C26H27N. The summed E-state index contributed by atoms with van der Waals surface area (Å²) < 4.78 is 0. The molecule has 1 aromatic heterocycles. The molecule has 0 aliphatic rings. The Morgan fingerprint density at radius 2 is 1.48 bits per heavy atom. The number of hydrogen-bond acceptors (Lipinski definition) is 1. The summed E-state index contributed by atoms with van der Waals surface area (Å²) in [5.74, 6) is 0. The summed E-state index contributed by atoms with van der Waals surface area (Å²) in [5, 5.41) is 3.89. The zero-order valence-corrected chi connectivity index (χ0v) is 17.1. The maximum Gasteiger partial charge on any atom is 0.0717 e. The molecule has 0 spiro atoms. The zero-order valence-electron chi connectivity index (χ0n) is 17.1. The maximum absolute atomic E-state index is 5.06. The van der Waals surface area contributed by atoms with Crippen LogP contribution in [0.1, 0.15) is 43.0 Å². The lowest BCUT2D eigenvalue weighted by Gasteiger charge is -2.23. The first-order valence-corrected chi connectivity index (χ1v) is 9.66. The van der Waals surface area contributed by atoms with Crippen LogP contribution >= 0.6 is 0 Å². The number of hydrogen-bond donors (Lipinski definition) is 0. The van der Waals surface area contributed by atoms with E-state index in [2.05, 4.69) is 96.1 Å². The largest absolute Gasteiger partial charge is 0.248 e. The monoisotopic (exact) mass is 353 g/mol. The van der Waals surface area contributed by atoms with Gasteiger partial charge in [-0.2, -0.15) is 0 Å². The summed E-state index contributed by atoms with van der Waals surface area (Å²) in [6.07, 6.45) is 0. The Morgan fingerprint density at radius 3 is 2.22 bits per heavy atom. The smallest absolute Gasteiger partial charge is 0.0717 e. The number of aryl methyl sites for hydroxylation is 3. The van der Waals surface area contributed by atoms with E-state index in [0.29, 0.717) is 0 Å². The summed E-state index contributed by atoms with van der Waals surface area (Å²) in [4.78, 5) is 5.06. The molecule has 0 saturated heterocycles. The third-order valence-electron chi connectivity index (χ3n) is 5.41. The van der Waals surface area contributed by atoms with Crippen molar-refractivity contribution >= 4 is 21.7 Å². The van der Waals surface area contributed by atoms with Gasteiger partial charge in [-0.3, -0.25) is 0 Å². The summed E-state index contributed by atoms with van der Waals surface area (Å²) in [5.41, 5.74) is 8.65. The molecule has 0 amide bonds. The number of nitrogens with zero attached hydrogens (tertiary/aromatic N) is 1. The van der Waals surface area contributed by atoms with Gasteiger partial charge in [-0.05, 0) is 83.5 Å². The van der Waals surface area contributed by atoms with Gasteiger partial charge in [0, 0.05) is 10.9 Å². The van der Waals surface area contributed by atoms with E-state index < -0.39 is 0 Å². The van der Waals surface area contributed by atoms with Gasteiger partial charge < -0.3 is 0 Å². The lowest BCUT2D eigenvalue weighted by molar-refractivity contribution is 0.596. The molecule has 4 aromatic rings. The second-order valence-corrected chi connectivity index (χ2v) is 8.80. The summed E-state index contributed by atoms with van der Waals surface area (Å²) in [6, 6.07) is 20.0. The van der Waals surface area contributed by atoms with E-state index in [-0.39, 0.29) is 5.41 Å². The van der Waals surface area contributed by atoms with E-state index >= 15 is 0 Å². The van der Waals surface area contributed by atoms with Crippen molar-refractivity contribution in [3.05, 3.63) is 76.9 Å². The Labute approximate surface area is 162 Å². The van der Waals surface area contributed by atoms with Crippen LogP contribution in [0, 0.1) is 20.8 Å². The molecule has 0 bridgehead atoms. The van der Waals surface area contributed by atoms with Gasteiger partial charge in [-0.1, -0.05) is 51.1 Å². The van der Waals surface area contributed by atoms with Crippen LogP contribution in [0.5, 0.6) is 0 Å². The van der Waals surface area contributed by atoms with Gasteiger partial charge in [0.2, 0.25) is 0 Å². The molecule has 4 rings (SSSR count). The van der Waals surface area contributed by atoms with Gasteiger partial charge in [0.25, 0.3) is 0 Å². The minimum atomic E-state index is 0.0781. The molecule has 1 nitrogen and oxygen atoms in total. The lowest BCUT2D eigenvalue weighted by atomic mass is 9.82. The highest BCUT2D eigenvalue weighted by molar-refractivity contribution is 5.93. The molecule has 0 saturated carbocycles. The van der Waals surface area contributed by atoms with E-state index in [1.54, 1.807) is 0 Å². The predicted molar refractivity (Wildman–Crippen MR) is 118 cm³/mol. The van der Waals surface area contributed by atoms with Crippen LogP contribution in [0.2, 0.25) is 0 Å². The first-order chi connectivity index (χ1) is 12.7. The Kier molecular flexibility index (Phi) is 4.07. The molecule has 1 heterocycles. The normalized spacial score (nSPS) is 12.1. The highest BCUT2D eigenvalue weighted by Gasteiger charge is 2.19.